The monoisotopic (exact) mass is 145 g/mol. The summed E-state index contributed by atoms with van der Waals surface area (Å²) >= 11 is 0. The molecule has 0 aromatic carbocycles. The fourth-order valence-corrected chi connectivity index (χ4v) is 1.51. The minimum atomic E-state index is -2.49. The van der Waals surface area contributed by atoms with Crippen molar-refractivity contribution in [3.63, 3.8) is 0 Å². The lowest BCUT2D eigenvalue weighted by atomic mass is 10.1. The molecule has 0 saturated heterocycles. The fraction of sp³-hybridized carbons (Fsp3) is 0.800. The summed E-state index contributed by atoms with van der Waals surface area (Å²) in [6.45, 7) is 1.87. The van der Waals surface area contributed by atoms with E-state index in [4.69, 9.17) is 14.9 Å². The minimum Gasteiger partial charge on any atom is -0.413 e. The highest BCUT2D eigenvalue weighted by molar-refractivity contribution is 6.41. The van der Waals surface area contributed by atoms with E-state index in [1.807, 2.05) is 13.0 Å². The first-order valence-electron chi connectivity index (χ1n) is 2.96. The lowest BCUT2D eigenvalue weighted by molar-refractivity contribution is 0.395. The molecule has 9 heavy (non-hydrogen) atoms. The van der Waals surface area contributed by atoms with Crippen molar-refractivity contribution in [2.24, 2.45) is 5.92 Å². The Labute approximate surface area is 56.4 Å². The van der Waals surface area contributed by atoms with E-state index in [1.165, 1.54) is 0 Å². The number of rotatable bonds is 3. The maximum Gasteiger partial charge on any atom is 0.317 e. The van der Waals surface area contributed by atoms with E-state index in [9.17, 15) is 0 Å². The molecule has 0 fully saturated rings. The molecule has 0 aliphatic rings. The van der Waals surface area contributed by atoms with E-state index < -0.39 is 9.28 Å². The van der Waals surface area contributed by atoms with Gasteiger partial charge >= 0.3 is 9.28 Å². The van der Waals surface area contributed by atoms with Crippen molar-refractivity contribution in [3.05, 3.63) is 0 Å². The normalized spacial score (nSPS) is 13.2. The van der Waals surface area contributed by atoms with E-state index in [2.05, 4.69) is 0 Å². The molecule has 0 aliphatic heterocycles. The van der Waals surface area contributed by atoms with Crippen molar-refractivity contribution in [1.82, 2.24) is 0 Å². The van der Waals surface area contributed by atoms with Gasteiger partial charge in [-0.1, -0.05) is 6.92 Å². The van der Waals surface area contributed by atoms with Crippen LogP contribution in [0.3, 0.4) is 0 Å². The Morgan fingerprint density at radius 2 is 2.22 bits per heavy atom. The highest BCUT2D eigenvalue weighted by Gasteiger charge is 2.10. The van der Waals surface area contributed by atoms with Crippen LogP contribution in [0.15, 0.2) is 0 Å². The van der Waals surface area contributed by atoms with Crippen molar-refractivity contribution in [3.8, 4) is 6.07 Å². The third-order valence-corrected chi connectivity index (χ3v) is 2.16. The lowest BCUT2D eigenvalue weighted by Crippen LogP contribution is -2.14. The van der Waals surface area contributed by atoms with Gasteiger partial charge in [-0.05, 0) is 6.42 Å². The van der Waals surface area contributed by atoms with Crippen LogP contribution >= 0.6 is 0 Å². The molecule has 2 N–H and O–H groups in total. The van der Waals surface area contributed by atoms with E-state index >= 15 is 0 Å². The number of nitrogens with zero attached hydrogens (tertiary/aromatic N) is 1. The van der Waals surface area contributed by atoms with Gasteiger partial charge < -0.3 is 9.59 Å². The molecule has 0 saturated carbocycles. The van der Waals surface area contributed by atoms with Crippen LogP contribution in [0.25, 0.3) is 0 Å². The fourth-order valence-electron chi connectivity index (χ4n) is 0.565. The predicted molar refractivity (Wildman–Crippen MR) is 35.8 cm³/mol. The van der Waals surface area contributed by atoms with Gasteiger partial charge in [0.2, 0.25) is 0 Å². The zero-order chi connectivity index (χ0) is 7.28. The number of hydrogen-bond donors (Lipinski definition) is 2. The first-order chi connectivity index (χ1) is 4.20. The topological polar surface area (TPSA) is 64.2 Å². The van der Waals surface area contributed by atoms with Gasteiger partial charge in [-0.15, -0.1) is 0 Å². The zero-order valence-electron chi connectivity index (χ0n) is 5.41. The molecule has 0 spiro atoms. The molecule has 0 heterocycles. The highest BCUT2D eigenvalue weighted by atomic mass is 28.3. The second-order valence-electron chi connectivity index (χ2n) is 1.95. The molecule has 4 heteroatoms. The highest BCUT2D eigenvalue weighted by Crippen LogP contribution is 2.07. The van der Waals surface area contributed by atoms with Gasteiger partial charge in [0.1, 0.15) is 0 Å². The van der Waals surface area contributed by atoms with Crippen molar-refractivity contribution in [1.29, 1.82) is 5.26 Å². The first kappa shape index (κ1) is 8.63. The van der Waals surface area contributed by atoms with Crippen LogP contribution in [0, 0.1) is 17.2 Å². The SMILES string of the molecule is CCC(C#N)C[SiH](O)O. The molecular weight excluding hydrogens is 134 g/mol. The quantitative estimate of drug-likeness (QED) is 0.538. The van der Waals surface area contributed by atoms with Gasteiger partial charge in [-0.3, -0.25) is 0 Å². The molecule has 0 radical (unpaired) electrons. The summed E-state index contributed by atoms with van der Waals surface area (Å²) < 4.78 is 0. The van der Waals surface area contributed by atoms with E-state index in [1.54, 1.807) is 0 Å². The largest absolute Gasteiger partial charge is 0.413 e. The van der Waals surface area contributed by atoms with Crippen LogP contribution in [0.2, 0.25) is 6.04 Å². The molecular formula is C5H11NO2Si. The van der Waals surface area contributed by atoms with Gasteiger partial charge in [0.25, 0.3) is 0 Å². The van der Waals surface area contributed by atoms with Gasteiger partial charge in [0.05, 0.1) is 6.07 Å². The zero-order valence-corrected chi connectivity index (χ0v) is 6.57. The second kappa shape index (κ2) is 4.50. The molecule has 0 aromatic rings. The maximum absolute atomic E-state index is 8.53. The van der Waals surface area contributed by atoms with Crippen molar-refractivity contribution < 1.29 is 9.59 Å². The average molecular weight is 145 g/mol. The Morgan fingerprint density at radius 1 is 1.67 bits per heavy atom. The van der Waals surface area contributed by atoms with Crippen LogP contribution in [0.1, 0.15) is 13.3 Å². The van der Waals surface area contributed by atoms with Crippen LogP contribution in [0.4, 0.5) is 0 Å². The summed E-state index contributed by atoms with van der Waals surface area (Å²) in [7, 11) is -2.49. The predicted octanol–water partition coefficient (Wildman–Crippen LogP) is -0.259. The van der Waals surface area contributed by atoms with Crippen molar-refractivity contribution in [2.45, 2.75) is 19.4 Å². The molecule has 1 atom stereocenters. The molecule has 1 unspecified atom stereocenters. The summed E-state index contributed by atoms with van der Waals surface area (Å²) in [5, 5.41) is 8.32. The summed E-state index contributed by atoms with van der Waals surface area (Å²) in [6, 6.07) is 2.30. The Hall–Kier alpha value is -0.373. The Bertz CT molecular complexity index is 110. The van der Waals surface area contributed by atoms with Gasteiger partial charge in [-0.2, -0.15) is 5.26 Å². The van der Waals surface area contributed by atoms with Gasteiger partial charge in [0, 0.05) is 12.0 Å². The Balaban J connectivity index is 3.47. The second-order valence-corrected chi connectivity index (χ2v) is 3.38. The smallest absolute Gasteiger partial charge is 0.317 e. The summed E-state index contributed by atoms with van der Waals surface area (Å²) in [6.07, 6.45) is 0.709. The van der Waals surface area contributed by atoms with Crippen molar-refractivity contribution >= 4 is 9.28 Å². The van der Waals surface area contributed by atoms with Gasteiger partial charge in [-0.25, -0.2) is 0 Å². The molecule has 0 aromatic heterocycles. The Morgan fingerprint density at radius 3 is 2.33 bits per heavy atom. The molecule has 3 nitrogen and oxygen atoms in total. The van der Waals surface area contributed by atoms with Crippen LogP contribution in [0.5, 0.6) is 0 Å². The summed E-state index contributed by atoms with van der Waals surface area (Å²) in [5.74, 6) is -0.156. The number of nitriles is 1. The first-order valence-corrected chi connectivity index (χ1v) is 4.81. The molecule has 0 aliphatic carbocycles. The van der Waals surface area contributed by atoms with Crippen LogP contribution in [-0.4, -0.2) is 18.9 Å². The molecule has 0 rings (SSSR count). The Kier molecular flexibility index (Phi) is 4.31. The third kappa shape index (κ3) is 4.15. The van der Waals surface area contributed by atoms with E-state index in [0.717, 1.165) is 0 Å². The summed E-state index contributed by atoms with van der Waals surface area (Å²) in [4.78, 5) is 17.1. The van der Waals surface area contributed by atoms with Crippen molar-refractivity contribution in [2.75, 3.05) is 0 Å². The molecule has 0 bridgehead atoms. The average Bonchev–Trinajstić information content (AvgIpc) is 1.82. The minimum absolute atomic E-state index is 0.156. The number of hydrogen-bond acceptors (Lipinski definition) is 3. The van der Waals surface area contributed by atoms with E-state index in [-0.39, 0.29) is 5.92 Å². The summed E-state index contributed by atoms with van der Waals surface area (Å²) in [5.41, 5.74) is 0. The van der Waals surface area contributed by atoms with Crippen LogP contribution < -0.4 is 0 Å². The lowest BCUT2D eigenvalue weighted by Gasteiger charge is -2.03. The standard InChI is InChI=1S/C5H11NO2Si/c1-2-5(3-6)4-9(7)8/h5,7-9H,2,4H2,1H3. The van der Waals surface area contributed by atoms with Crippen LogP contribution in [-0.2, 0) is 0 Å². The van der Waals surface area contributed by atoms with Gasteiger partial charge in [0.15, 0.2) is 0 Å². The third-order valence-electron chi connectivity index (χ3n) is 1.17. The molecule has 0 amide bonds. The van der Waals surface area contributed by atoms with E-state index in [0.29, 0.717) is 12.5 Å². The molecule has 52 valence electrons. The maximum atomic E-state index is 8.53.